The van der Waals surface area contributed by atoms with E-state index in [1.165, 1.54) is 0 Å². The lowest BCUT2D eigenvalue weighted by Crippen LogP contribution is -2.40. The quantitative estimate of drug-likeness (QED) is 0.555. The molecule has 0 aliphatic rings. The van der Waals surface area contributed by atoms with Crippen LogP contribution < -0.4 is 11.5 Å². The van der Waals surface area contributed by atoms with Crippen LogP contribution in [-0.4, -0.2) is 29.4 Å². The van der Waals surface area contributed by atoms with Gasteiger partial charge in [-0.3, -0.25) is 0 Å². The van der Waals surface area contributed by atoms with E-state index in [0.717, 1.165) is 5.56 Å². The van der Waals surface area contributed by atoms with Crippen molar-refractivity contribution in [3.05, 3.63) is 35.9 Å². The zero-order valence-electron chi connectivity index (χ0n) is 10.1. The number of carboxylic acids is 1. The van der Waals surface area contributed by atoms with Crippen LogP contribution in [0.5, 0.6) is 0 Å². The fraction of sp³-hybridized carbons (Fsp3) is 0.273. The van der Waals surface area contributed by atoms with Crippen LogP contribution >= 0.6 is 0 Å². The molecule has 1 rings (SSSR count). The van der Waals surface area contributed by atoms with Gasteiger partial charge in [0.2, 0.25) is 0 Å². The van der Waals surface area contributed by atoms with Gasteiger partial charge >= 0.3 is 18.1 Å². The molecular formula is C11H13F3N2O4. The standard InChI is InChI=1S/C9H12N2O2.C2HF3O2/c10-8(11)9(12)13-6-7-4-2-1-3-5-7;3-2(4,5)1(6)7/h1-5,8H,6,10-11H2;(H,6,7). The summed E-state index contributed by atoms with van der Waals surface area (Å²) in [6.07, 6.45) is -6.14. The van der Waals surface area contributed by atoms with Gasteiger partial charge in [-0.2, -0.15) is 13.2 Å². The second-order valence-corrected chi connectivity index (χ2v) is 3.42. The Kier molecular flexibility index (Phi) is 7.26. The number of hydrogen-bond donors (Lipinski definition) is 3. The number of esters is 1. The highest BCUT2D eigenvalue weighted by molar-refractivity contribution is 5.74. The zero-order valence-corrected chi connectivity index (χ0v) is 10.1. The Morgan fingerprint density at radius 3 is 2.00 bits per heavy atom. The molecule has 0 aliphatic heterocycles. The molecule has 0 spiro atoms. The van der Waals surface area contributed by atoms with Crippen LogP contribution in [0.2, 0.25) is 0 Å². The van der Waals surface area contributed by atoms with E-state index in [-0.39, 0.29) is 6.61 Å². The van der Waals surface area contributed by atoms with E-state index < -0.39 is 24.3 Å². The third kappa shape index (κ3) is 8.06. The highest BCUT2D eigenvalue weighted by atomic mass is 19.4. The van der Waals surface area contributed by atoms with Crippen LogP contribution in [0.15, 0.2) is 30.3 Å². The van der Waals surface area contributed by atoms with Crippen molar-refractivity contribution in [2.24, 2.45) is 11.5 Å². The molecule has 0 fully saturated rings. The van der Waals surface area contributed by atoms with Crippen LogP contribution in [0.4, 0.5) is 13.2 Å². The molecule has 0 radical (unpaired) electrons. The molecule has 5 N–H and O–H groups in total. The molecule has 0 unspecified atom stereocenters. The Morgan fingerprint density at radius 2 is 1.65 bits per heavy atom. The minimum atomic E-state index is -5.08. The zero-order chi connectivity index (χ0) is 15.8. The van der Waals surface area contributed by atoms with E-state index in [1.807, 2.05) is 30.3 Å². The SMILES string of the molecule is NC(N)C(=O)OCc1ccccc1.O=C(O)C(F)(F)F. The third-order valence-electron chi connectivity index (χ3n) is 1.74. The summed E-state index contributed by atoms with van der Waals surface area (Å²) in [6, 6.07) is 9.34. The molecule has 1 aromatic carbocycles. The number of alkyl halides is 3. The van der Waals surface area contributed by atoms with Gasteiger partial charge in [0.05, 0.1) is 0 Å². The fourth-order valence-corrected chi connectivity index (χ4v) is 0.825. The molecule has 6 nitrogen and oxygen atoms in total. The van der Waals surface area contributed by atoms with Crippen LogP contribution in [-0.2, 0) is 20.9 Å². The number of nitrogens with two attached hydrogens (primary N) is 2. The number of carboxylic acid groups (broad SMARTS) is 1. The Labute approximate surface area is 112 Å². The minimum Gasteiger partial charge on any atom is -0.475 e. The van der Waals surface area contributed by atoms with Gasteiger partial charge in [-0.1, -0.05) is 30.3 Å². The maximum atomic E-state index is 10.8. The molecule has 20 heavy (non-hydrogen) atoms. The molecule has 1 aromatic rings. The average molecular weight is 294 g/mol. The Bertz CT molecular complexity index is 435. The highest BCUT2D eigenvalue weighted by Crippen LogP contribution is 2.13. The lowest BCUT2D eigenvalue weighted by atomic mass is 10.2. The molecule has 0 aromatic heterocycles. The van der Waals surface area contributed by atoms with Gasteiger partial charge in [-0.15, -0.1) is 0 Å². The number of benzene rings is 1. The molecule has 0 atom stereocenters. The fourth-order valence-electron chi connectivity index (χ4n) is 0.825. The molecule has 0 saturated carbocycles. The van der Waals surface area contributed by atoms with Crippen molar-refractivity contribution >= 4 is 11.9 Å². The lowest BCUT2D eigenvalue weighted by molar-refractivity contribution is -0.192. The van der Waals surface area contributed by atoms with E-state index in [0.29, 0.717) is 0 Å². The van der Waals surface area contributed by atoms with E-state index in [1.54, 1.807) is 0 Å². The third-order valence-corrected chi connectivity index (χ3v) is 1.74. The highest BCUT2D eigenvalue weighted by Gasteiger charge is 2.38. The molecule has 112 valence electrons. The Hall–Kier alpha value is -2.13. The van der Waals surface area contributed by atoms with Gasteiger partial charge < -0.3 is 21.3 Å². The smallest absolute Gasteiger partial charge is 0.475 e. The summed E-state index contributed by atoms with van der Waals surface area (Å²) >= 11 is 0. The number of carbonyl (C=O) groups excluding carboxylic acids is 1. The molecule has 0 heterocycles. The molecule has 0 amide bonds. The minimum absolute atomic E-state index is 0.213. The van der Waals surface area contributed by atoms with E-state index in [4.69, 9.17) is 26.1 Å². The van der Waals surface area contributed by atoms with Crippen molar-refractivity contribution < 1.29 is 32.6 Å². The lowest BCUT2D eigenvalue weighted by Gasteiger charge is -2.06. The summed E-state index contributed by atoms with van der Waals surface area (Å²) in [5.74, 6) is -3.35. The summed E-state index contributed by atoms with van der Waals surface area (Å²) in [5.41, 5.74) is 11.1. The molecular weight excluding hydrogens is 281 g/mol. The Balaban J connectivity index is 0.000000441. The maximum Gasteiger partial charge on any atom is 0.490 e. The van der Waals surface area contributed by atoms with Crippen molar-refractivity contribution in [1.82, 2.24) is 0 Å². The first kappa shape index (κ1) is 17.9. The van der Waals surface area contributed by atoms with Crippen molar-refractivity contribution in [1.29, 1.82) is 0 Å². The van der Waals surface area contributed by atoms with Crippen molar-refractivity contribution in [2.45, 2.75) is 18.9 Å². The van der Waals surface area contributed by atoms with Crippen LogP contribution in [0, 0.1) is 0 Å². The maximum absolute atomic E-state index is 10.8. The molecule has 0 aliphatic carbocycles. The summed E-state index contributed by atoms with van der Waals surface area (Å²) in [6.45, 7) is 0.213. The predicted molar refractivity (Wildman–Crippen MR) is 62.1 cm³/mol. The first-order chi connectivity index (χ1) is 9.14. The van der Waals surface area contributed by atoms with Gasteiger partial charge in [0, 0.05) is 0 Å². The number of aliphatic carboxylic acids is 1. The van der Waals surface area contributed by atoms with Crippen LogP contribution in [0.3, 0.4) is 0 Å². The van der Waals surface area contributed by atoms with Crippen molar-refractivity contribution in [3.8, 4) is 0 Å². The van der Waals surface area contributed by atoms with Crippen LogP contribution in [0.25, 0.3) is 0 Å². The van der Waals surface area contributed by atoms with Crippen molar-refractivity contribution in [2.75, 3.05) is 0 Å². The Morgan fingerprint density at radius 1 is 1.20 bits per heavy atom. The van der Waals surface area contributed by atoms with E-state index in [9.17, 15) is 18.0 Å². The average Bonchev–Trinajstić information content (AvgIpc) is 2.36. The van der Waals surface area contributed by atoms with Crippen LogP contribution in [0.1, 0.15) is 5.56 Å². The topological polar surface area (TPSA) is 116 Å². The second kappa shape index (κ2) is 8.12. The predicted octanol–water partition coefficient (Wildman–Crippen LogP) is 0.607. The largest absolute Gasteiger partial charge is 0.490 e. The molecule has 0 saturated heterocycles. The first-order valence-corrected chi connectivity index (χ1v) is 5.16. The normalized spacial score (nSPS) is 10.5. The number of carbonyl (C=O) groups is 2. The summed E-state index contributed by atoms with van der Waals surface area (Å²) in [4.78, 5) is 19.7. The number of ether oxygens (including phenoxy) is 1. The van der Waals surface area contributed by atoms with Gasteiger partial charge in [-0.05, 0) is 5.56 Å². The number of hydrogen-bond acceptors (Lipinski definition) is 5. The van der Waals surface area contributed by atoms with Gasteiger partial charge in [0.15, 0.2) is 6.17 Å². The summed E-state index contributed by atoms with van der Waals surface area (Å²) in [5, 5.41) is 7.12. The second-order valence-electron chi connectivity index (χ2n) is 3.42. The summed E-state index contributed by atoms with van der Waals surface area (Å²) < 4.78 is 36.5. The summed E-state index contributed by atoms with van der Waals surface area (Å²) in [7, 11) is 0. The van der Waals surface area contributed by atoms with Gasteiger partial charge in [-0.25, -0.2) is 9.59 Å². The molecule has 9 heteroatoms. The first-order valence-electron chi connectivity index (χ1n) is 5.16. The number of rotatable bonds is 3. The van der Waals surface area contributed by atoms with E-state index >= 15 is 0 Å². The van der Waals surface area contributed by atoms with Gasteiger partial charge in [0.25, 0.3) is 0 Å². The van der Waals surface area contributed by atoms with E-state index in [2.05, 4.69) is 0 Å². The molecule has 0 bridgehead atoms. The monoisotopic (exact) mass is 294 g/mol. The number of halogens is 3. The van der Waals surface area contributed by atoms with Crippen molar-refractivity contribution in [3.63, 3.8) is 0 Å². The van der Waals surface area contributed by atoms with Gasteiger partial charge in [0.1, 0.15) is 6.61 Å².